The molecule has 1 aliphatic heterocycles. The predicted molar refractivity (Wildman–Crippen MR) is 155 cm³/mol. The number of benzene rings is 1. The fourth-order valence-corrected chi connectivity index (χ4v) is 5.80. The van der Waals surface area contributed by atoms with Crippen LogP contribution < -0.4 is 4.90 Å². The normalized spacial score (nSPS) is 20.1. The van der Waals surface area contributed by atoms with Gasteiger partial charge in [0.05, 0.1) is 11.6 Å². The van der Waals surface area contributed by atoms with E-state index >= 15 is 0 Å². The quantitative estimate of drug-likeness (QED) is 0.447. The molecule has 2 aliphatic rings. The van der Waals surface area contributed by atoms with Gasteiger partial charge in [-0.05, 0) is 70.6 Å². The Hall–Kier alpha value is -2.87. The van der Waals surface area contributed by atoms with Crippen molar-refractivity contribution in [3.8, 4) is 0 Å². The second-order valence-corrected chi connectivity index (χ2v) is 12.6. The van der Waals surface area contributed by atoms with E-state index in [1.165, 1.54) is 5.56 Å². The Balaban J connectivity index is 1.53. The van der Waals surface area contributed by atoms with Crippen LogP contribution in [-0.2, 0) is 9.53 Å². The summed E-state index contributed by atoms with van der Waals surface area (Å²) in [5.41, 5.74) is 2.62. The number of aromatic nitrogens is 2. The van der Waals surface area contributed by atoms with E-state index in [9.17, 15) is 9.59 Å². The first-order valence-electron chi connectivity index (χ1n) is 14.0. The lowest BCUT2D eigenvalue weighted by atomic mass is 9.96. The first kappa shape index (κ1) is 29.1. The number of hydrogen-bond acceptors (Lipinski definition) is 6. The van der Waals surface area contributed by atoms with E-state index < -0.39 is 17.6 Å². The number of rotatable bonds is 6. The molecule has 1 saturated heterocycles. The molecule has 3 atom stereocenters. The van der Waals surface area contributed by atoms with Crippen LogP contribution in [0, 0.1) is 0 Å². The topological polar surface area (TPSA) is 78.9 Å². The highest BCUT2D eigenvalue weighted by atomic mass is 35.5. The summed E-state index contributed by atoms with van der Waals surface area (Å²) in [6.45, 7) is 16.7. The van der Waals surface area contributed by atoms with Crippen LogP contribution in [-0.4, -0.2) is 76.1 Å². The summed E-state index contributed by atoms with van der Waals surface area (Å²) in [6.07, 6.45) is 2.34. The molecule has 0 saturated carbocycles. The van der Waals surface area contributed by atoms with Crippen LogP contribution in [0.15, 0.2) is 30.6 Å². The van der Waals surface area contributed by atoms with E-state index in [-0.39, 0.29) is 18.5 Å². The molecule has 1 fully saturated rings. The highest BCUT2D eigenvalue weighted by Crippen LogP contribution is 2.43. The van der Waals surface area contributed by atoms with Gasteiger partial charge in [-0.3, -0.25) is 4.79 Å². The summed E-state index contributed by atoms with van der Waals surface area (Å²) < 4.78 is 5.68. The van der Waals surface area contributed by atoms with Gasteiger partial charge in [-0.1, -0.05) is 37.6 Å². The standard InChI is InChI=1S/C30H42ClN5O3/c1-19(2)36(29(38)39-30(5,6)7)17-24(22-8-10-23(31)11-9-22)28(37)35-14-12-34(13-15-35)27-25-20(3)16-21(4)26(25)32-18-33-27/h8-11,18-21,24H,12-17H2,1-7H3/t20-,21-,24-/m1/s1. The number of nitrogens with zero attached hydrogens (tertiary/aromatic N) is 5. The summed E-state index contributed by atoms with van der Waals surface area (Å²) >= 11 is 6.16. The SMILES string of the molecule is CC(C)N(C[C@@H](C(=O)N1CCN(c2ncnc3c2[C@H](C)C[C@H]3C)CC1)c1ccc(Cl)cc1)C(=O)OC(C)(C)C. The van der Waals surface area contributed by atoms with Crippen LogP contribution in [0.25, 0.3) is 0 Å². The Labute approximate surface area is 237 Å². The van der Waals surface area contributed by atoms with Crippen molar-refractivity contribution < 1.29 is 14.3 Å². The van der Waals surface area contributed by atoms with E-state index in [0.717, 1.165) is 23.5 Å². The maximum absolute atomic E-state index is 14.0. The van der Waals surface area contributed by atoms with E-state index in [1.54, 1.807) is 23.4 Å². The van der Waals surface area contributed by atoms with E-state index in [0.29, 0.717) is 43.0 Å². The Morgan fingerprint density at radius 1 is 1.05 bits per heavy atom. The zero-order valence-electron chi connectivity index (χ0n) is 24.3. The van der Waals surface area contributed by atoms with Gasteiger partial charge < -0.3 is 19.4 Å². The van der Waals surface area contributed by atoms with Gasteiger partial charge >= 0.3 is 6.09 Å². The Morgan fingerprint density at radius 2 is 1.69 bits per heavy atom. The molecule has 0 N–H and O–H groups in total. The van der Waals surface area contributed by atoms with E-state index in [2.05, 4.69) is 28.7 Å². The molecule has 1 aliphatic carbocycles. The highest BCUT2D eigenvalue weighted by molar-refractivity contribution is 6.30. The maximum atomic E-state index is 14.0. The van der Waals surface area contributed by atoms with Gasteiger partial charge in [0.15, 0.2) is 0 Å². The smallest absolute Gasteiger partial charge is 0.410 e. The van der Waals surface area contributed by atoms with Crippen molar-refractivity contribution in [1.82, 2.24) is 19.8 Å². The molecular weight excluding hydrogens is 514 g/mol. The molecule has 2 heterocycles. The Kier molecular flexibility index (Phi) is 8.74. The van der Waals surface area contributed by atoms with Crippen molar-refractivity contribution in [2.75, 3.05) is 37.6 Å². The number of fused-ring (bicyclic) bond motifs is 1. The van der Waals surface area contributed by atoms with Gasteiger partial charge in [-0.2, -0.15) is 0 Å². The number of hydrogen-bond donors (Lipinski definition) is 0. The minimum atomic E-state index is -0.628. The molecule has 4 rings (SSSR count). The maximum Gasteiger partial charge on any atom is 0.410 e. The number of carbonyl (C=O) groups excluding carboxylic acids is 2. The molecule has 0 radical (unpaired) electrons. The summed E-state index contributed by atoms with van der Waals surface area (Å²) in [5.74, 6) is 1.34. The molecule has 2 amide bonds. The van der Waals surface area contributed by atoms with Crippen molar-refractivity contribution in [3.05, 3.63) is 52.4 Å². The summed E-state index contributed by atoms with van der Waals surface area (Å²) in [5, 5.41) is 0.604. The third-order valence-corrected chi connectivity index (χ3v) is 7.90. The number of carbonyl (C=O) groups is 2. The van der Waals surface area contributed by atoms with Crippen molar-refractivity contribution in [2.24, 2.45) is 0 Å². The third kappa shape index (κ3) is 6.65. The summed E-state index contributed by atoms with van der Waals surface area (Å²) in [4.78, 5) is 42.2. The van der Waals surface area contributed by atoms with Gasteiger partial charge in [0.1, 0.15) is 17.7 Å². The average molecular weight is 556 g/mol. The zero-order valence-corrected chi connectivity index (χ0v) is 25.0. The second kappa shape index (κ2) is 11.7. The van der Waals surface area contributed by atoms with E-state index in [1.807, 2.05) is 51.7 Å². The Morgan fingerprint density at radius 3 is 2.28 bits per heavy atom. The molecular formula is C30H42ClN5O3. The lowest BCUT2D eigenvalue weighted by molar-refractivity contribution is -0.133. The van der Waals surface area contributed by atoms with Crippen LogP contribution >= 0.6 is 11.6 Å². The third-order valence-electron chi connectivity index (χ3n) is 7.65. The monoisotopic (exact) mass is 555 g/mol. The average Bonchev–Trinajstić information content (AvgIpc) is 3.17. The molecule has 8 nitrogen and oxygen atoms in total. The highest BCUT2D eigenvalue weighted by Gasteiger charge is 2.36. The fourth-order valence-electron chi connectivity index (χ4n) is 5.67. The minimum Gasteiger partial charge on any atom is -0.444 e. The molecule has 1 aromatic heterocycles. The van der Waals surface area contributed by atoms with Gasteiger partial charge in [-0.25, -0.2) is 14.8 Å². The number of anilines is 1. The summed E-state index contributed by atoms with van der Waals surface area (Å²) in [6, 6.07) is 7.20. The first-order valence-corrected chi connectivity index (χ1v) is 14.4. The van der Waals surface area contributed by atoms with Crippen LogP contribution in [0.3, 0.4) is 0 Å². The van der Waals surface area contributed by atoms with Crippen molar-refractivity contribution in [3.63, 3.8) is 0 Å². The number of halogens is 1. The van der Waals surface area contributed by atoms with Crippen LogP contribution in [0.4, 0.5) is 10.6 Å². The largest absolute Gasteiger partial charge is 0.444 e. The van der Waals surface area contributed by atoms with Gasteiger partial charge in [-0.15, -0.1) is 0 Å². The molecule has 39 heavy (non-hydrogen) atoms. The van der Waals surface area contributed by atoms with Crippen LogP contribution in [0.1, 0.15) is 89.5 Å². The lowest BCUT2D eigenvalue weighted by Crippen LogP contribution is -2.52. The number of ether oxygens (including phenoxy) is 1. The predicted octanol–water partition coefficient (Wildman–Crippen LogP) is 5.82. The Bertz CT molecular complexity index is 1170. The van der Waals surface area contributed by atoms with Crippen LogP contribution in [0.2, 0.25) is 5.02 Å². The van der Waals surface area contributed by atoms with Gasteiger partial charge in [0, 0.05) is 49.4 Å². The van der Waals surface area contributed by atoms with Crippen molar-refractivity contribution >= 4 is 29.4 Å². The minimum absolute atomic E-state index is 0.00101. The molecule has 0 unspecified atom stereocenters. The molecule has 0 bridgehead atoms. The lowest BCUT2D eigenvalue weighted by Gasteiger charge is -2.39. The van der Waals surface area contributed by atoms with E-state index in [4.69, 9.17) is 16.3 Å². The molecule has 9 heteroatoms. The van der Waals surface area contributed by atoms with Crippen molar-refractivity contribution in [2.45, 2.75) is 84.3 Å². The van der Waals surface area contributed by atoms with Gasteiger partial charge in [0.25, 0.3) is 0 Å². The van der Waals surface area contributed by atoms with Crippen LogP contribution in [0.5, 0.6) is 0 Å². The summed E-state index contributed by atoms with van der Waals surface area (Å²) in [7, 11) is 0. The molecule has 2 aromatic rings. The molecule has 212 valence electrons. The van der Waals surface area contributed by atoms with Gasteiger partial charge in [0.2, 0.25) is 5.91 Å². The zero-order chi connectivity index (χ0) is 28.5. The molecule has 0 spiro atoms. The molecule has 1 aromatic carbocycles. The number of amides is 2. The first-order chi connectivity index (χ1) is 18.4. The number of piperazine rings is 1. The second-order valence-electron chi connectivity index (χ2n) is 12.2. The fraction of sp³-hybridized carbons (Fsp3) is 0.600. The van der Waals surface area contributed by atoms with Crippen molar-refractivity contribution in [1.29, 1.82) is 0 Å².